The molecule has 0 radical (unpaired) electrons. The Morgan fingerprint density at radius 1 is 1.00 bits per heavy atom. The smallest absolute Gasteiger partial charge is 0.217 e. The molecule has 0 saturated carbocycles. The number of amides is 1. The van der Waals surface area contributed by atoms with Crippen LogP contribution in [0.25, 0.3) is 0 Å². The number of carbonyl (C=O) groups excluding carboxylic acids is 1. The summed E-state index contributed by atoms with van der Waals surface area (Å²) in [7, 11) is 1.68. The lowest BCUT2D eigenvalue weighted by molar-refractivity contribution is -0.121. The van der Waals surface area contributed by atoms with Crippen LogP contribution in [-0.2, 0) is 10.3 Å². The van der Waals surface area contributed by atoms with Gasteiger partial charge in [0.25, 0.3) is 0 Å². The Hall–Kier alpha value is -1.59. The first-order chi connectivity index (χ1) is 12.6. The van der Waals surface area contributed by atoms with Crippen molar-refractivity contribution in [1.82, 2.24) is 15.1 Å². The van der Waals surface area contributed by atoms with E-state index >= 15 is 0 Å². The van der Waals surface area contributed by atoms with E-state index in [9.17, 15) is 4.79 Å². The van der Waals surface area contributed by atoms with Gasteiger partial charge in [-0.15, -0.1) is 0 Å². The SMILES string of the molecule is COc1ccc(C2(NC(C)=O)CCN(CCN3CCCCC3)CC2)cc1. The van der Waals surface area contributed by atoms with Crippen LogP contribution in [0.15, 0.2) is 24.3 Å². The zero-order chi connectivity index (χ0) is 18.4. The molecule has 5 heteroatoms. The fourth-order valence-corrected chi connectivity index (χ4v) is 4.36. The summed E-state index contributed by atoms with van der Waals surface area (Å²) in [6.45, 7) is 8.51. The molecular weight excluding hydrogens is 326 g/mol. The van der Waals surface area contributed by atoms with Crippen molar-refractivity contribution in [1.29, 1.82) is 0 Å². The van der Waals surface area contributed by atoms with E-state index in [4.69, 9.17) is 4.74 Å². The van der Waals surface area contributed by atoms with Crippen molar-refractivity contribution in [3.05, 3.63) is 29.8 Å². The fourth-order valence-electron chi connectivity index (χ4n) is 4.36. The van der Waals surface area contributed by atoms with E-state index in [0.29, 0.717) is 0 Å². The summed E-state index contributed by atoms with van der Waals surface area (Å²) in [5.41, 5.74) is 0.934. The van der Waals surface area contributed by atoms with Crippen LogP contribution in [0.5, 0.6) is 5.75 Å². The Bertz CT molecular complexity index is 573. The highest BCUT2D eigenvalue weighted by atomic mass is 16.5. The van der Waals surface area contributed by atoms with Crippen LogP contribution in [0, 0.1) is 0 Å². The van der Waals surface area contributed by atoms with Gasteiger partial charge in [-0.1, -0.05) is 18.6 Å². The quantitative estimate of drug-likeness (QED) is 0.848. The molecule has 5 nitrogen and oxygen atoms in total. The van der Waals surface area contributed by atoms with E-state index in [1.54, 1.807) is 14.0 Å². The third-order valence-electron chi connectivity index (χ3n) is 5.95. The summed E-state index contributed by atoms with van der Waals surface area (Å²) in [4.78, 5) is 17.0. The van der Waals surface area contributed by atoms with Crippen LogP contribution in [0.3, 0.4) is 0 Å². The first-order valence-electron chi connectivity index (χ1n) is 9.99. The number of methoxy groups -OCH3 is 1. The Labute approximate surface area is 157 Å². The van der Waals surface area contributed by atoms with E-state index in [-0.39, 0.29) is 11.4 Å². The van der Waals surface area contributed by atoms with Crippen molar-refractivity contribution >= 4 is 5.91 Å². The zero-order valence-corrected chi connectivity index (χ0v) is 16.3. The third kappa shape index (κ3) is 4.77. The molecule has 0 spiro atoms. The van der Waals surface area contributed by atoms with Gasteiger partial charge < -0.3 is 19.9 Å². The second-order valence-electron chi connectivity index (χ2n) is 7.74. The van der Waals surface area contributed by atoms with Gasteiger partial charge in [0.1, 0.15) is 5.75 Å². The summed E-state index contributed by atoms with van der Waals surface area (Å²) >= 11 is 0. The molecule has 1 amide bonds. The molecule has 26 heavy (non-hydrogen) atoms. The predicted molar refractivity (Wildman–Crippen MR) is 104 cm³/mol. The monoisotopic (exact) mass is 359 g/mol. The highest BCUT2D eigenvalue weighted by Crippen LogP contribution is 2.34. The minimum absolute atomic E-state index is 0.0441. The van der Waals surface area contributed by atoms with Gasteiger partial charge in [0, 0.05) is 33.1 Å². The van der Waals surface area contributed by atoms with Crippen molar-refractivity contribution in [3.63, 3.8) is 0 Å². The molecule has 0 aliphatic carbocycles. The highest BCUT2D eigenvalue weighted by molar-refractivity contribution is 5.74. The Balaban J connectivity index is 1.60. The molecule has 1 N–H and O–H groups in total. The zero-order valence-electron chi connectivity index (χ0n) is 16.3. The molecule has 2 heterocycles. The average molecular weight is 360 g/mol. The summed E-state index contributed by atoms with van der Waals surface area (Å²) in [5, 5.41) is 3.26. The minimum Gasteiger partial charge on any atom is -0.497 e. The van der Waals surface area contributed by atoms with Gasteiger partial charge in [-0.25, -0.2) is 0 Å². The third-order valence-corrected chi connectivity index (χ3v) is 5.95. The molecule has 0 aromatic heterocycles. The molecule has 3 rings (SSSR count). The Morgan fingerprint density at radius 3 is 2.12 bits per heavy atom. The van der Waals surface area contributed by atoms with Crippen LogP contribution in [0.4, 0.5) is 0 Å². The number of benzene rings is 1. The standard InChI is InChI=1S/C21H33N3O2/c1-18(25)22-21(19-6-8-20(26-2)9-7-19)10-14-24(15-11-21)17-16-23-12-4-3-5-13-23/h6-9H,3-5,10-17H2,1-2H3,(H,22,25). The maximum atomic E-state index is 11.9. The van der Waals surface area contributed by atoms with Gasteiger partial charge >= 0.3 is 0 Å². The number of hydrogen-bond donors (Lipinski definition) is 1. The van der Waals surface area contributed by atoms with E-state index in [0.717, 1.165) is 38.2 Å². The number of piperidine rings is 2. The van der Waals surface area contributed by atoms with Gasteiger partial charge in [0.05, 0.1) is 12.6 Å². The molecule has 2 aliphatic heterocycles. The largest absolute Gasteiger partial charge is 0.497 e. The lowest BCUT2D eigenvalue weighted by Crippen LogP contribution is -2.53. The normalized spacial score (nSPS) is 21.3. The lowest BCUT2D eigenvalue weighted by Gasteiger charge is -2.43. The topological polar surface area (TPSA) is 44.8 Å². The predicted octanol–water partition coefficient (Wildman–Crippen LogP) is 2.61. The molecule has 1 aromatic rings. The number of hydrogen-bond acceptors (Lipinski definition) is 4. The van der Waals surface area contributed by atoms with Gasteiger partial charge in [-0.3, -0.25) is 4.79 Å². The average Bonchev–Trinajstić information content (AvgIpc) is 2.68. The van der Waals surface area contributed by atoms with Crippen LogP contribution in [0.2, 0.25) is 0 Å². The first kappa shape index (κ1) is 19.2. The van der Waals surface area contributed by atoms with Crippen LogP contribution >= 0.6 is 0 Å². The second kappa shape index (κ2) is 8.87. The van der Waals surface area contributed by atoms with E-state index in [2.05, 4.69) is 27.2 Å². The fraction of sp³-hybridized carbons (Fsp3) is 0.667. The molecule has 2 aliphatic rings. The summed E-state index contributed by atoms with van der Waals surface area (Å²) in [6.07, 6.45) is 6.01. The van der Waals surface area contributed by atoms with Crippen LogP contribution in [0.1, 0.15) is 44.6 Å². The van der Waals surface area contributed by atoms with E-state index in [1.165, 1.54) is 44.5 Å². The summed E-state index contributed by atoms with van der Waals surface area (Å²) < 4.78 is 5.28. The highest BCUT2D eigenvalue weighted by Gasteiger charge is 2.37. The van der Waals surface area contributed by atoms with Crippen molar-refractivity contribution in [2.45, 2.75) is 44.6 Å². The van der Waals surface area contributed by atoms with Gasteiger partial charge in [0.2, 0.25) is 5.91 Å². The molecule has 0 bridgehead atoms. The number of rotatable bonds is 6. The minimum atomic E-state index is -0.250. The number of ether oxygens (including phenoxy) is 1. The molecular formula is C21H33N3O2. The van der Waals surface area contributed by atoms with Crippen LogP contribution < -0.4 is 10.1 Å². The van der Waals surface area contributed by atoms with Crippen molar-refractivity contribution in [2.75, 3.05) is 46.4 Å². The Morgan fingerprint density at radius 2 is 1.58 bits per heavy atom. The number of nitrogens with zero attached hydrogens (tertiary/aromatic N) is 2. The lowest BCUT2D eigenvalue weighted by atomic mass is 9.80. The molecule has 0 atom stereocenters. The number of carbonyl (C=O) groups is 1. The molecule has 2 saturated heterocycles. The van der Waals surface area contributed by atoms with Gasteiger partial charge in [-0.2, -0.15) is 0 Å². The van der Waals surface area contributed by atoms with Crippen molar-refractivity contribution < 1.29 is 9.53 Å². The number of likely N-dealkylation sites (tertiary alicyclic amines) is 2. The Kier molecular flexibility index (Phi) is 6.54. The van der Waals surface area contributed by atoms with E-state index in [1.807, 2.05) is 12.1 Å². The van der Waals surface area contributed by atoms with Crippen LogP contribution in [-0.4, -0.2) is 62.1 Å². The summed E-state index contributed by atoms with van der Waals surface area (Å²) in [5.74, 6) is 0.897. The molecule has 144 valence electrons. The number of nitrogens with one attached hydrogen (secondary N) is 1. The molecule has 2 fully saturated rings. The van der Waals surface area contributed by atoms with Gasteiger partial charge in [-0.05, 0) is 56.5 Å². The van der Waals surface area contributed by atoms with E-state index < -0.39 is 0 Å². The second-order valence-corrected chi connectivity index (χ2v) is 7.74. The van der Waals surface area contributed by atoms with Gasteiger partial charge in [0.15, 0.2) is 0 Å². The first-order valence-corrected chi connectivity index (χ1v) is 9.99. The summed E-state index contributed by atoms with van der Waals surface area (Å²) in [6, 6.07) is 8.17. The maximum Gasteiger partial charge on any atom is 0.217 e. The van der Waals surface area contributed by atoms with Crippen molar-refractivity contribution in [2.24, 2.45) is 0 Å². The molecule has 0 unspecified atom stereocenters. The molecule has 1 aromatic carbocycles. The maximum absolute atomic E-state index is 11.9. The van der Waals surface area contributed by atoms with Crippen molar-refractivity contribution in [3.8, 4) is 5.75 Å².